The first-order valence-corrected chi connectivity index (χ1v) is 10.4. The molecule has 0 N–H and O–H groups in total. The quantitative estimate of drug-likeness (QED) is 0.446. The lowest BCUT2D eigenvalue weighted by Crippen LogP contribution is -2.26. The zero-order valence-electron chi connectivity index (χ0n) is 16.5. The van der Waals surface area contributed by atoms with Gasteiger partial charge in [-0.3, -0.25) is 4.98 Å². The first-order valence-electron chi connectivity index (χ1n) is 10.0. The number of aromatic nitrogens is 4. The molecule has 5 rings (SSSR count). The van der Waals surface area contributed by atoms with Crippen LogP contribution in [0, 0.1) is 11.3 Å². The molecule has 3 aromatic heterocycles. The van der Waals surface area contributed by atoms with Gasteiger partial charge in [0.2, 0.25) is 0 Å². The summed E-state index contributed by atoms with van der Waals surface area (Å²) in [4.78, 5) is 13.7. The number of rotatable bonds is 3. The maximum Gasteiger partial charge on any atom is 0.129 e. The second-order valence-corrected chi connectivity index (χ2v) is 8.15. The van der Waals surface area contributed by atoms with Crippen LogP contribution in [0.5, 0.6) is 0 Å². The predicted octanol–water partition coefficient (Wildman–Crippen LogP) is 4.84. The summed E-state index contributed by atoms with van der Waals surface area (Å²) in [5.41, 5.74) is 4.41. The van der Waals surface area contributed by atoms with E-state index in [1.165, 1.54) is 0 Å². The van der Waals surface area contributed by atoms with Crippen LogP contribution in [0.25, 0.3) is 21.9 Å². The highest BCUT2D eigenvalue weighted by atomic mass is 35.5. The summed E-state index contributed by atoms with van der Waals surface area (Å²) in [6.07, 6.45) is 6.29. The van der Waals surface area contributed by atoms with E-state index in [1.54, 1.807) is 18.3 Å². The van der Waals surface area contributed by atoms with Crippen LogP contribution in [-0.4, -0.2) is 32.2 Å². The third kappa shape index (κ3) is 3.41. The molecule has 1 aliphatic heterocycles. The molecule has 4 aromatic rings. The Bertz CT molecular complexity index is 1270. The monoisotopic (exact) mass is 417 g/mol. The molecule has 0 saturated carbocycles. The van der Waals surface area contributed by atoms with E-state index < -0.39 is 0 Å². The van der Waals surface area contributed by atoms with Crippen LogP contribution in [0.4, 0.5) is 0 Å². The summed E-state index contributed by atoms with van der Waals surface area (Å²) in [6.45, 7) is 2.83. The molecular weight excluding hydrogens is 398 g/mol. The average Bonchev–Trinajstić information content (AvgIpc) is 3.13. The van der Waals surface area contributed by atoms with Crippen molar-refractivity contribution in [1.29, 1.82) is 5.26 Å². The summed E-state index contributed by atoms with van der Waals surface area (Å²) >= 11 is 5.96. The maximum absolute atomic E-state index is 9.42. The summed E-state index contributed by atoms with van der Waals surface area (Å²) in [5, 5.41) is 10.9. The molecule has 1 saturated heterocycles. The molecule has 0 unspecified atom stereocenters. The number of nitrogens with zero attached hydrogens (tertiary/aromatic N) is 5. The van der Waals surface area contributed by atoms with Crippen LogP contribution in [0.3, 0.4) is 0 Å². The van der Waals surface area contributed by atoms with Crippen LogP contribution >= 0.6 is 11.6 Å². The second kappa shape index (κ2) is 7.67. The summed E-state index contributed by atoms with van der Waals surface area (Å²) in [6, 6.07) is 11.9. The number of fused-ring (bicyclic) bond motifs is 3. The molecule has 0 radical (unpaired) electrons. The van der Waals surface area contributed by atoms with Gasteiger partial charge in [0.25, 0.3) is 0 Å². The lowest BCUT2D eigenvalue weighted by Gasteiger charge is -2.30. The Morgan fingerprint density at radius 1 is 1.20 bits per heavy atom. The minimum absolute atomic E-state index is 0.189. The van der Waals surface area contributed by atoms with E-state index in [9.17, 15) is 5.26 Å². The third-order valence-corrected chi connectivity index (χ3v) is 5.91. The molecule has 150 valence electrons. The molecule has 0 amide bonds. The van der Waals surface area contributed by atoms with Crippen LogP contribution in [0.1, 0.15) is 42.8 Å². The van der Waals surface area contributed by atoms with Crippen molar-refractivity contribution in [2.45, 2.75) is 38.3 Å². The van der Waals surface area contributed by atoms with Gasteiger partial charge in [-0.2, -0.15) is 5.26 Å². The van der Waals surface area contributed by atoms with Crippen molar-refractivity contribution in [1.82, 2.24) is 19.5 Å². The number of halogens is 1. The Labute approximate surface area is 179 Å². The lowest BCUT2D eigenvalue weighted by molar-refractivity contribution is 0.00631. The Morgan fingerprint density at radius 3 is 2.87 bits per heavy atom. The highest BCUT2D eigenvalue weighted by Crippen LogP contribution is 2.34. The molecule has 30 heavy (non-hydrogen) atoms. The molecule has 0 bridgehead atoms. The van der Waals surface area contributed by atoms with Gasteiger partial charge in [-0.25, -0.2) is 9.97 Å². The van der Waals surface area contributed by atoms with Gasteiger partial charge in [0.05, 0.1) is 35.0 Å². The maximum atomic E-state index is 9.42. The number of hydrogen-bond donors (Lipinski definition) is 0. The average molecular weight is 418 g/mol. The van der Waals surface area contributed by atoms with Gasteiger partial charge >= 0.3 is 0 Å². The number of benzene rings is 1. The lowest BCUT2D eigenvalue weighted by atomic mass is 10.0. The first-order chi connectivity index (χ1) is 14.6. The normalized spacial score (nSPS) is 19.2. The smallest absolute Gasteiger partial charge is 0.129 e. The molecular formula is C23H20ClN5O. The van der Waals surface area contributed by atoms with Gasteiger partial charge in [-0.15, -0.1) is 0 Å². The van der Waals surface area contributed by atoms with Gasteiger partial charge < -0.3 is 9.30 Å². The SMILES string of the molecule is C[C@@H]1C[C@H](n2c(Cc3ccc(Cl)nc3)nc3cnc4ccc(C#N)cc4c32)CCO1. The molecule has 0 spiro atoms. The van der Waals surface area contributed by atoms with Crippen molar-refractivity contribution in [2.24, 2.45) is 0 Å². The van der Waals surface area contributed by atoms with E-state index in [1.807, 2.05) is 24.4 Å². The largest absolute Gasteiger partial charge is 0.378 e. The van der Waals surface area contributed by atoms with E-state index in [2.05, 4.69) is 27.5 Å². The van der Waals surface area contributed by atoms with Crippen molar-refractivity contribution < 1.29 is 4.74 Å². The molecule has 6 nitrogen and oxygen atoms in total. The minimum atomic E-state index is 0.189. The van der Waals surface area contributed by atoms with E-state index in [0.717, 1.165) is 52.8 Å². The highest BCUT2D eigenvalue weighted by Gasteiger charge is 2.26. The Morgan fingerprint density at radius 2 is 2.10 bits per heavy atom. The van der Waals surface area contributed by atoms with E-state index >= 15 is 0 Å². The van der Waals surface area contributed by atoms with Crippen LogP contribution in [0.2, 0.25) is 5.15 Å². The number of ether oxygens (including phenoxy) is 1. The first kappa shape index (κ1) is 19.0. The Hall–Kier alpha value is -3.01. The number of nitriles is 1. The standard InChI is InChI=1S/C23H20ClN5O/c1-14-8-17(6-7-30-14)29-22(10-16-3-5-21(24)27-12-16)28-20-13-26-19-4-2-15(11-25)9-18(19)23(20)29/h2-5,9,12-14,17H,6-8,10H2,1H3/t14-,17-/m1/s1. The van der Waals surface area contributed by atoms with Crippen molar-refractivity contribution in [3.63, 3.8) is 0 Å². The number of imidazole rings is 1. The molecule has 1 aromatic carbocycles. The van der Waals surface area contributed by atoms with E-state index in [0.29, 0.717) is 17.1 Å². The summed E-state index contributed by atoms with van der Waals surface area (Å²) in [7, 11) is 0. The third-order valence-electron chi connectivity index (χ3n) is 5.69. The van der Waals surface area contributed by atoms with Crippen molar-refractivity contribution in [3.05, 3.63) is 64.8 Å². The predicted molar refractivity (Wildman–Crippen MR) is 115 cm³/mol. The van der Waals surface area contributed by atoms with Gasteiger partial charge in [0, 0.05) is 30.7 Å². The molecule has 0 aliphatic carbocycles. The molecule has 4 heterocycles. The topological polar surface area (TPSA) is 76.6 Å². The van der Waals surface area contributed by atoms with E-state index in [-0.39, 0.29) is 12.1 Å². The van der Waals surface area contributed by atoms with E-state index in [4.69, 9.17) is 21.3 Å². The molecule has 7 heteroatoms. The summed E-state index contributed by atoms with van der Waals surface area (Å²) < 4.78 is 8.14. The Balaban J connectivity index is 1.74. The van der Waals surface area contributed by atoms with Crippen LogP contribution in [0.15, 0.2) is 42.7 Å². The van der Waals surface area contributed by atoms with Gasteiger partial charge in [0.1, 0.15) is 16.5 Å². The summed E-state index contributed by atoms with van der Waals surface area (Å²) in [5.74, 6) is 0.963. The van der Waals surface area contributed by atoms with Gasteiger partial charge in [-0.05, 0) is 49.6 Å². The zero-order valence-corrected chi connectivity index (χ0v) is 17.3. The molecule has 2 atom stereocenters. The fourth-order valence-electron chi connectivity index (χ4n) is 4.32. The van der Waals surface area contributed by atoms with Gasteiger partial charge in [-0.1, -0.05) is 17.7 Å². The Kier molecular flexibility index (Phi) is 4.86. The molecule has 1 fully saturated rings. The van der Waals surface area contributed by atoms with Crippen molar-refractivity contribution >= 4 is 33.5 Å². The highest BCUT2D eigenvalue weighted by molar-refractivity contribution is 6.29. The second-order valence-electron chi connectivity index (χ2n) is 7.76. The number of pyridine rings is 2. The van der Waals surface area contributed by atoms with Crippen LogP contribution in [-0.2, 0) is 11.2 Å². The van der Waals surface area contributed by atoms with Crippen molar-refractivity contribution in [2.75, 3.05) is 6.61 Å². The zero-order chi connectivity index (χ0) is 20.7. The number of hydrogen-bond acceptors (Lipinski definition) is 5. The fourth-order valence-corrected chi connectivity index (χ4v) is 4.43. The fraction of sp³-hybridized carbons (Fsp3) is 0.304. The van der Waals surface area contributed by atoms with Crippen molar-refractivity contribution in [3.8, 4) is 6.07 Å². The molecule has 1 aliphatic rings. The van der Waals surface area contributed by atoms with Gasteiger partial charge in [0.15, 0.2) is 0 Å². The van der Waals surface area contributed by atoms with Crippen LogP contribution < -0.4 is 0 Å². The minimum Gasteiger partial charge on any atom is -0.378 e.